The third-order valence-electron chi connectivity index (χ3n) is 2.91. The van der Waals surface area contributed by atoms with Crippen molar-refractivity contribution in [3.05, 3.63) is 30.1 Å². The Bertz CT molecular complexity index is 560. The lowest BCUT2D eigenvalue weighted by Gasteiger charge is -2.17. The molecule has 0 aliphatic rings. The van der Waals surface area contributed by atoms with Crippen molar-refractivity contribution >= 4 is 15.9 Å². The molecule has 0 fully saturated rings. The van der Waals surface area contributed by atoms with Gasteiger partial charge in [0.2, 0.25) is 15.9 Å². The van der Waals surface area contributed by atoms with Crippen LogP contribution in [0.4, 0.5) is 4.39 Å². The zero-order chi connectivity index (χ0) is 15.9. The zero-order valence-electron chi connectivity index (χ0n) is 11.7. The maximum atomic E-state index is 12.8. The molecule has 0 saturated carbocycles. The molecule has 0 aliphatic carbocycles. The fraction of sp³-hybridized carbons (Fsp3) is 0.462. The molecule has 0 heterocycles. The van der Waals surface area contributed by atoms with Crippen LogP contribution in [0.15, 0.2) is 29.2 Å². The summed E-state index contributed by atoms with van der Waals surface area (Å²) in [4.78, 5) is 11.1. The summed E-state index contributed by atoms with van der Waals surface area (Å²) in [6.07, 6.45) is 1.87. The van der Waals surface area contributed by atoms with Gasteiger partial charge in [-0.15, -0.1) is 0 Å². The molecule has 1 aromatic rings. The van der Waals surface area contributed by atoms with Crippen LogP contribution in [-0.2, 0) is 14.8 Å². The van der Waals surface area contributed by atoms with E-state index >= 15 is 0 Å². The van der Waals surface area contributed by atoms with E-state index in [2.05, 4.69) is 4.72 Å². The molecule has 8 heteroatoms. The number of rotatable bonds is 8. The van der Waals surface area contributed by atoms with E-state index in [1.807, 2.05) is 6.92 Å². The Morgan fingerprint density at radius 1 is 1.33 bits per heavy atom. The first-order valence-electron chi connectivity index (χ1n) is 6.60. The number of amides is 1. The van der Waals surface area contributed by atoms with E-state index in [0.717, 1.165) is 37.1 Å². The number of unbranched alkanes of at least 4 members (excludes halogenated alkanes) is 1. The van der Waals surface area contributed by atoms with Gasteiger partial charge in [-0.1, -0.05) is 19.8 Å². The van der Waals surface area contributed by atoms with E-state index in [4.69, 9.17) is 5.21 Å². The van der Waals surface area contributed by atoms with Gasteiger partial charge in [-0.2, -0.15) is 0 Å². The fourth-order valence-corrected chi connectivity index (χ4v) is 3.09. The maximum absolute atomic E-state index is 12.8. The van der Waals surface area contributed by atoms with Crippen LogP contribution in [0.2, 0.25) is 0 Å². The second-order valence-electron chi connectivity index (χ2n) is 4.65. The largest absolute Gasteiger partial charge is 0.289 e. The highest BCUT2D eigenvalue weighted by Gasteiger charge is 2.21. The number of hydrogen-bond donors (Lipinski definition) is 3. The molecule has 1 aromatic carbocycles. The van der Waals surface area contributed by atoms with E-state index in [1.54, 1.807) is 0 Å². The molecular formula is C13H19FN2O4S. The van der Waals surface area contributed by atoms with Crippen LogP contribution in [0.25, 0.3) is 0 Å². The van der Waals surface area contributed by atoms with E-state index in [0.29, 0.717) is 6.42 Å². The van der Waals surface area contributed by atoms with Gasteiger partial charge in [-0.25, -0.2) is 23.0 Å². The molecule has 6 nitrogen and oxygen atoms in total. The number of hydroxylamine groups is 1. The Kier molecular flexibility index (Phi) is 6.73. The molecule has 0 unspecified atom stereocenters. The van der Waals surface area contributed by atoms with Gasteiger partial charge in [0.15, 0.2) is 0 Å². The molecule has 1 atom stereocenters. The highest BCUT2D eigenvalue weighted by atomic mass is 32.2. The Hall–Kier alpha value is -1.51. The van der Waals surface area contributed by atoms with Gasteiger partial charge in [0.25, 0.3) is 0 Å². The van der Waals surface area contributed by atoms with Crippen LogP contribution in [0.3, 0.4) is 0 Å². The number of benzene rings is 1. The average Bonchev–Trinajstić information content (AvgIpc) is 2.44. The Morgan fingerprint density at radius 2 is 1.95 bits per heavy atom. The highest BCUT2D eigenvalue weighted by molar-refractivity contribution is 7.89. The first kappa shape index (κ1) is 17.5. The summed E-state index contributed by atoms with van der Waals surface area (Å²) in [5.74, 6) is -1.20. The summed E-state index contributed by atoms with van der Waals surface area (Å²) in [5.41, 5.74) is 1.48. The van der Waals surface area contributed by atoms with E-state index in [1.165, 1.54) is 5.48 Å². The first-order chi connectivity index (χ1) is 9.89. The third kappa shape index (κ3) is 5.78. The lowest BCUT2D eigenvalue weighted by Crippen LogP contribution is -2.38. The molecule has 0 aliphatic heterocycles. The van der Waals surface area contributed by atoms with Crippen molar-refractivity contribution in [1.82, 2.24) is 10.2 Å². The molecule has 3 N–H and O–H groups in total. The van der Waals surface area contributed by atoms with Crippen molar-refractivity contribution in [3.63, 3.8) is 0 Å². The summed E-state index contributed by atoms with van der Waals surface area (Å²) in [6.45, 7) is 1.94. The van der Waals surface area contributed by atoms with Crippen LogP contribution >= 0.6 is 0 Å². The standard InChI is InChI=1S/C13H19FN2O4S/c1-2-3-4-11(9-13(17)15-18)16-21(19,20)12-7-5-10(14)6-8-12/h5-8,11,16,18H,2-4,9H2,1H3,(H,15,17)/t11-/m0/s1. The van der Waals surface area contributed by atoms with E-state index in [-0.39, 0.29) is 11.3 Å². The summed E-state index contributed by atoms with van der Waals surface area (Å²) in [5, 5.41) is 8.54. The Labute approximate surface area is 123 Å². The minimum atomic E-state index is -3.84. The quantitative estimate of drug-likeness (QED) is 0.501. The average molecular weight is 318 g/mol. The van der Waals surface area contributed by atoms with Crippen molar-refractivity contribution < 1.29 is 22.8 Å². The number of nitrogens with one attached hydrogen (secondary N) is 2. The van der Waals surface area contributed by atoms with Crippen LogP contribution in [-0.4, -0.2) is 25.6 Å². The Balaban J connectivity index is 2.84. The second-order valence-corrected chi connectivity index (χ2v) is 6.37. The SMILES string of the molecule is CCCC[C@@H](CC(=O)NO)NS(=O)(=O)c1ccc(F)cc1. The van der Waals surface area contributed by atoms with Crippen LogP contribution in [0.5, 0.6) is 0 Å². The molecule has 21 heavy (non-hydrogen) atoms. The maximum Gasteiger partial charge on any atom is 0.244 e. The molecule has 1 rings (SSSR count). The van der Waals surface area contributed by atoms with Gasteiger partial charge in [0.05, 0.1) is 4.90 Å². The van der Waals surface area contributed by atoms with Crippen molar-refractivity contribution in [2.24, 2.45) is 0 Å². The number of carbonyl (C=O) groups excluding carboxylic acids is 1. The zero-order valence-corrected chi connectivity index (χ0v) is 12.5. The molecule has 0 bridgehead atoms. The van der Waals surface area contributed by atoms with E-state index in [9.17, 15) is 17.6 Å². The number of sulfonamides is 1. The lowest BCUT2D eigenvalue weighted by atomic mass is 10.1. The smallest absolute Gasteiger partial charge is 0.244 e. The van der Waals surface area contributed by atoms with E-state index < -0.39 is 27.8 Å². The van der Waals surface area contributed by atoms with Gasteiger partial charge in [-0.3, -0.25) is 10.0 Å². The first-order valence-corrected chi connectivity index (χ1v) is 8.08. The monoisotopic (exact) mass is 318 g/mol. The van der Waals surface area contributed by atoms with Crippen molar-refractivity contribution in [3.8, 4) is 0 Å². The molecule has 118 valence electrons. The number of carbonyl (C=O) groups is 1. The molecule has 1 amide bonds. The van der Waals surface area contributed by atoms with Gasteiger partial charge in [0.1, 0.15) is 5.82 Å². The third-order valence-corrected chi connectivity index (χ3v) is 4.44. The second kappa shape index (κ2) is 8.06. The molecule has 0 saturated heterocycles. The van der Waals surface area contributed by atoms with Crippen LogP contribution < -0.4 is 10.2 Å². The minimum Gasteiger partial charge on any atom is -0.289 e. The summed E-state index contributed by atoms with van der Waals surface area (Å²) in [7, 11) is -3.84. The highest BCUT2D eigenvalue weighted by Crippen LogP contribution is 2.13. The van der Waals surface area contributed by atoms with Crippen molar-refractivity contribution in [2.45, 2.75) is 43.5 Å². The van der Waals surface area contributed by atoms with Gasteiger partial charge in [-0.05, 0) is 30.7 Å². The molecular weight excluding hydrogens is 299 g/mol. The number of hydrogen-bond acceptors (Lipinski definition) is 4. The Morgan fingerprint density at radius 3 is 2.48 bits per heavy atom. The predicted molar refractivity (Wildman–Crippen MR) is 74.6 cm³/mol. The summed E-state index contributed by atoms with van der Waals surface area (Å²) >= 11 is 0. The summed E-state index contributed by atoms with van der Waals surface area (Å²) in [6, 6.07) is 3.78. The van der Waals surface area contributed by atoms with Crippen molar-refractivity contribution in [1.29, 1.82) is 0 Å². The molecule has 0 aromatic heterocycles. The molecule has 0 spiro atoms. The van der Waals surface area contributed by atoms with Crippen molar-refractivity contribution in [2.75, 3.05) is 0 Å². The van der Waals surface area contributed by atoms with Gasteiger partial charge in [0, 0.05) is 12.5 Å². The topological polar surface area (TPSA) is 95.5 Å². The van der Waals surface area contributed by atoms with Gasteiger partial charge < -0.3 is 0 Å². The van der Waals surface area contributed by atoms with Gasteiger partial charge >= 0.3 is 0 Å². The van der Waals surface area contributed by atoms with Crippen LogP contribution in [0.1, 0.15) is 32.6 Å². The minimum absolute atomic E-state index is 0.0743. The fourth-order valence-electron chi connectivity index (χ4n) is 1.82. The predicted octanol–water partition coefficient (Wildman–Crippen LogP) is 1.56. The molecule has 0 radical (unpaired) electrons. The lowest BCUT2D eigenvalue weighted by molar-refractivity contribution is -0.129. The number of halogens is 1. The summed E-state index contributed by atoms with van der Waals surface area (Å²) < 4.78 is 39.6. The normalized spacial score (nSPS) is 12.9. The van der Waals surface area contributed by atoms with Crippen LogP contribution in [0, 0.1) is 5.82 Å².